The summed E-state index contributed by atoms with van der Waals surface area (Å²) < 4.78 is 5.57. The quantitative estimate of drug-likeness (QED) is 0.838. The van der Waals surface area contributed by atoms with Crippen molar-refractivity contribution in [2.75, 3.05) is 13.2 Å². The molecule has 1 unspecified atom stereocenters. The van der Waals surface area contributed by atoms with Gasteiger partial charge in [0.25, 0.3) is 0 Å². The fraction of sp³-hybridized carbons (Fsp3) is 0.333. The highest BCUT2D eigenvalue weighted by molar-refractivity contribution is 5.65. The van der Waals surface area contributed by atoms with E-state index in [-0.39, 0.29) is 0 Å². The van der Waals surface area contributed by atoms with Gasteiger partial charge in [-0.1, -0.05) is 37.3 Å². The summed E-state index contributed by atoms with van der Waals surface area (Å²) in [6.45, 7) is 8.00. The first-order valence-corrected chi connectivity index (χ1v) is 7.31. The van der Waals surface area contributed by atoms with Crippen molar-refractivity contribution in [1.29, 1.82) is 0 Å². The molecule has 0 spiro atoms. The molecule has 2 aromatic carbocycles. The van der Waals surface area contributed by atoms with Gasteiger partial charge in [-0.3, -0.25) is 0 Å². The molecule has 20 heavy (non-hydrogen) atoms. The minimum Gasteiger partial charge on any atom is -0.494 e. The maximum absolute atomic E-state index is 5.57. The van der Waals surface area contributed by atoms with Gasteiger partial charge < -0.3 is 10.1 Å². The highest BCUT2D eigenvalue weighted by Gasteiger charge is 2.06. The minimum absolute atomic E-state index is 0.370. The van der Waals surface area contributed by atoms with E-state index in [0.717, 1.165) is 12.3 Å². The molecule has 0 radical (unpaired) electrons. The van der Waals surface area contributed by atoms with Crippen molar-refractivity contribution in [1.82, 2.24) is 5.32 Å². The Labute approximate surface area is 121 Å². The second-order valence-electron chi connectivity index (χ2n) is 4.87. The van der Waals surface area contributed by atoms with Crippen LogP contribution in [0.15, 0.2) is 48.5 Å². The second-order valence-corrected chi connectivity index (χ2v) is 4.87. The number of nitrogens with one attached hydrogen (secondary N) is 1. The zero-order valence-corrected chi connectivity index (χ0v) is 12.5. The van der Waals surface area contributed by atoms with E-state index < -0.39 is 0 Å². The van der Waals surface area contributed by atoms with Crippen LogP contribution in [0.4, 0.5) is 0 Å². The Kier molecular flexibility index (Phi) is 5.19. The molecule has 0 bridgehead atoms. The Hall–Kier alpha value is -1.80. The third-order valence-electron chi connectivity index (χ3n) is 3.38. The Balaban J connectivity index is 2.28. The molecular formula is C18H23NO. The van der Waals surface area contributed by atoms with Crippen molar-refractivity contribution in [3.05, 3.63) is 54.1 Å². The van der Waals surface area contributed by atoms with Crippen molar-refractivity contribution in [3.63, 3.8) is 0 Å². The summed E-state index contributed by atoms with van der Waals surface area (Å²) in [7, 11) is 0. The molecule has 0 amide bonds. The molecule has 2 rings (SSSR count). The molecule has 0 aliphatic carbocycles. The van der Waals surface area contributed by atoms with E-state index in [1.165, 1.54) is 16.7 Å². The molecule has 0 saturated heterocycles. The second kappa shape index (κ2) is 7.11. The van der Waals surface area contributed by atoms with E-state index in [4.69, 9.17) is 4.74 Å². The van der Waals surface area contributed by atoms with E-state index in [0.29, 0.717) is 12.6 Å². The molecule has 106 valence electrons. The van der Waals surface area contributed by atoms with Crippen LogP contribution < -0.4 is 10.1 Å². The molecule has 0 saturated carbocycles. The first-order valence-electron chi connectivity index (χ1n) is 7.31. The predicted octanol–water partition coefficient (Wildman–Crippen LogP) is 4.42. The largest absolute Gasteiger partial charge is 0.494 e. The van der Waals surface area contributed by atoms with Gasteiger partial charge in [0.2, 0.25) is 0 Å². The van der Waals surface area contributed by atoms with Crippen LogP contribution in [0.5, 0.6) is 5.75 Å². The number of hydrogen-bond donors (Lipinski definition) is 1. The van der Waals surface area contributed by atoms with Gasteiger partial charge in [0.1, 0.15) is 5.75 Å². The van der Waals surface area contributed by atoms with Crippen molar-refractivity contribution in [3.8, 4) is 16.9 Å². The summed E-state index contributed by atoms with van der Waals surface area (Å²) in [6.07, 6.45) is 0. The lowest BCUT2D eigenvalue weighted by atomic mass is 10.00. The van der Waals surface area contributed by atoms with Crippen LogP contribution in [0.3, 0.4) is 0 Å². The number of rotatable bonds is 6. The Bertz CT molecular complexity index is 551. The van der Waals surface area contributed by atoms with Crippen molar-refractivity contribution >= 4 is 0 Å². The molecule has 1 N–H and O–H groups in total. The van der Waals surface area contributed by atoms with E-state index in [9.17, 15) is 0 Å². The lowest BCUT2D eigenvalue weighted by Crippen LogP contribution is -2.17. The topological polar surface area (TPSA) is 21.3 Å². The van der Waals surface area contributed by atoms with Gasteiger partial charge in [0.05, 0.1) is 6.61 Å². The zero-order chi connectivity index (χ0) is 14.4. The van der Waals surface area contributed by atoms with Crippen LogP contribution in [0.1, 0.15) is 32.4 Å². The number of hydrogen-bond acceptors (Lipinski definition) is 2. The molecule has 0 aromatic heterocycles. The standard InChI is InChI=1S/C18H23NO/c1-4-19-14(3)15-8-6-9-16(12-15)17-10-7-11-18(13-17)20-5-2/h6-14,19H,4-5H2,1-3H3. The maximum atomic E-state index is 5.57. The van der Waals surface area contributed by atoms with Crippen LogP contribution in [-0.4, -0.2) is 13.2 Å². The van der Waals surface area contributed by atoms with Gasteiger partial charge in [0.15, 0.2) is 0 Å². The van der Waals surface area contributed by atoms with Gasteiger partial charge in [0, 0.05) is 6.04 Å². The molecule has 2 heteroatoms. The number of ether oxygens (including phenoxy) is 1. The molecule has 1 atom stereocenters. The Morgan fingerprint density at radius 2 is 1.70 bits per heavy atom. The monoisotopic (exact) mass is 269 g/mol. The van der Waals surface area contributed by atoms with Gasteiger partial charge in [-0.15, -0.1) is 0 Å². The third-order valence-corrected chi connectivity index (χ3v) is 3.38. The molecule has 0 fully saturated rings. The van der Waals surface area contributed by atoms with Crippen LogP contribution >= 0.6 is 0 Å². The van der Waals surface area contributed by atoms with Crippen molar-refractivity contribution in [2.45, 2.75) is 26.8 Å². The van der Waals surface area contributed by atoms with Crippen molar-refractivity contribution in [2.24, 2.45) is 0 Å². The number of benzene rings is 2. The van der Waals surface area contributed by atoms with Gasteiger partial charge in [-0.2, -0.15) is 0 Å². The smallest absolute Gasteiger partial charge is 0.119 e. The summed E-state index contributed by atoms with van der Waals surface area (Å²) in [4.78, 5) is 0. The van der Waals surface area contributed by atoms with Crippen LogP contribution in [0.25, 0.3) is 11.1 Å². The lowest BCUT2D eigenvalue weighted by molar-refractivity contribution is 0.340. The minimum atomic E-state index is 0.370. The summed E-state index contributed by atoms with van der Waals surface area (Å²) in [6, 6.07) is 17.3. The van der Waals surface area contributed by atoms with E-state index in [1.54, 1.807) is 0 Å². The zero-order valence-electron chi connectivity index (χ0n) is 12.5. The highest BCUT2D eigenvalue weighted by atomic mass is 16.5. The van der Waals surface area contributed by atoms with E-state index >= 15 is 0 Å². The van der Waals surface area contributed by atoms with E-state index in [2.05, 4.69) is 55.6 Å². The lowest BCUT2D eigenvalue weighted by Gasteiger charge is -2.14. The maximum Gasteiger partial charge on any atom is 0.119 e. The highest BCUT2D eigenvalue weighted by Crippen LogP contribution is 2.26. The fourth-order valence-corrected chi connectivity index (χ4v) is 2.34. The average molecular weight is 269 g/mol. The Morgan fingerprint density at radius 1 is 1.00 bits per heavy atom. The molecule has 2 nitrogen and oxygen atoms in total. The Morgan fingerprint density at radius 3 is 2.40 bits per heavy atom. The first kappa shape index (κ1) is 14.6. The van der Waals surface area contributed by atoms with Gasteiger partial charge >= 0.3 is 0 Å². The molecular weight excluding hydrogens is 246 g/mol. The van der Waals surface area contributed by atoms with Crippen LogP contribution in [0, 0.1) is 0 Å². The van der Waals surface area contributed by atoms with Gasteiger partial charge in [-0.05, 0) is 55.3 Å². The van der Waals surface area contributed by atoms with Crippen LogP contribution in [-0.2, 0) is 0 Å². The molecule has 2 aromatic rings. The predicted molar refractivity (Wildman–Crippen MR) is 85.1 cm³/mol. The SMILES string of the molecule is CCNC(C)c1cccc(-c2cccc(OCC)c2)c1. The summed E-state index contributed by atoms with van der Waals surface area (Å²) >= 11 is 0. The molecule has 0 aliphatic rings. The molecule has 0 heterocycles. The fourth-order valence-electron chi connectivity index (χ4n) is 2.34. The normalized spacial score (nSPS) is 12.2. The van der Waals surface area contributed by atoms with E-state index in [1.807, 2.05) is 19.1 Å². The van der Waals surface area contributed by atoms with Gasteiger partial charge in [-0.25, -0.2) is 0 Å². The summed E-state index contributed by atoms with van der Waals surface area (Å²) in [5.74, 6) is 0.926. The third kappa shape index (κ3) is 3.61. The summed E-state index contributed by atoms with van der Waals surface area (Å²) in [5, 5.41) is 3.45. The van der Waals surface area contributed by atoms with Crippen molar-refractivity contribution < 1.29 is 4.74 Å². The first-order chi connectivity index (χ1) is 9.74. The average Bonchev–Trinajstić information content (AvgIpc) is 2.48. The van der Waals surface area contributed by atoms with Crippen LogP contribution in [0.2, 0.25) is 0 Å². The molecule has 0 aliphatic heterocycles. The summed E-state index contributed by atoms with van der Waals surface area (Å²) in [5.41, 5.74) is 3.74.